The number of imide groups is 1. The summed E-state index contributed by atoms with van der Waals surface area (Å²) in [7, 11) is 0. The molecule has 3 aromatic rings. The number of benzene rings is 3. The maximum absolute atomic E-state index is 13.5. The Morgan fingerprint density at radius 1 is 0.839 bits per heavy atom. The average molecular weight is 407 g/mol. The van der Waals surface area contributed by atoms with Crippen molar-refractivity contribution in [1.82, 2.24) is 0 Å². The highest BCUT2D eigenvalue weighted by molar-refractivity contribution is 6.46. The van der Waals surface area contributed by atoms with Crippen LogP contribution in [0.2, 0.25) is 0 Å². The standard InChI is InChI=1S/C26H21N3O2/c1-16-8-13-21(18(3)14-16)23-24(28-22-7-5-4-6-17(22)2)26(31)29(25(23)30)20-11-9-19(15-27)10-12-20/h4-14,28H,1-3H3. The molecule has 2 amide bonds. The van der Waals surface area contributed by atoms with Crippen molar-refractivity contribution in [3.8, 4) is 6.07 Å². The molecular formula is C26H21N3O2. The molecule has 4 rings (SSSR count). The molecule has 3 aromatic carbocycles. The largest absolute Gasteiger partial charge is 0.350 e. The van der Waals surface area contributed by atoms with Crippen LogP contribution < -0.4 is 10.2 Å². The minimum Gasteiger partial charge on any atom is -0.350 e. The van der Waals surface area contributed by atoms with Gasteiger partial charge in [0.05, 0.1) is 22.9 Å². The molecule has 1 heterocycles. The summed E-state index contributed by atoms with van der Waals surface area (Å²) in [5.74, 6) is -0.814. The van der Waals surface area contributed by atoms with Crippen molar-refractivity contribution >= 4 is 28.8 Å². The smallest absolute Gasteiger partial charge is 0.282 e. The lowest BCUT2D eigenvalue weighted by atomic mass is 9.97. The number of hydrogen-bond donors (Lipinski definition) is 1. The second kappa shape index (κ2) is 7.92. The van der Waals surface area contributed by atoms with Crippen molar-refractivity contribution in [3.05, 3.63) is 100 Å². The van der Waals surface area contributed by atoms with E-state index in [0.29, 0.717) is 16.8 Å². The highest BCUT2D eigenvalue weighted by Crippen LogP contribution is 2.35. The van der Waals surface area contributed by atoms with Gasteiger partial charge in [-0.25, -0.2) is 4.90 Å². The predicted octanol–water partition coefficient (Wildman–Crippen LogP) is 4.88. The lowest BCUT2D eigenvalue weighted by molar-refractivity contribution is -0.120. The van der Waals surface area contributed by atoms with Crippen LogP contribution in [0.15, 0.2) is 72.4 Å². The molecule has 0 aliphatic carbocycles. The summed E-state index contributed by atoms with van der Waals surface area (Å²) < 4.78 is 0. The second-order valence-electron chi connectivity index (χ2n) is 7.61. The zero-order valence-corrected chi connectivity index (χ0v) is 17.6. The van der Waals surface area contributed by atoms with Gasteiger partial charge in [-0.1, -0.05) is 42.0 Å². The Morgan fingerprint density at radius 2 is 1.55 bits per heavy atom. The van der Waals surface area contributed by atoms with E-state index in [-0.39, 0.29) is 5.70 Å². The van der Waals surface area contributed by atoms with E-state index in [0.717, 1.165) is 32.8 Å². The monoisotopic (exact) mass is 407 g/mol. The lowest BCUT2D eigenvalue weighted by Gasteiger charge is -2.16. The van der Waals surface area contributed by atoms with Gasteiger partial charge in [0, 0.05) is 5.69 Å². The van der Waals surface area contributed by atoms with Crippen LogP contribution in [-0.4, -0.2) is 11.8 Å². The number of anilines is 2. The molecule has 0 saturated carbocycles. The van der Waals surface area contributed by atoms with Crippen molar-refractivity contribution in [1.29, 1.82) is 5.26 Å². The zero-order valence-electron chi connectivity index (χ0n) is 17.6. The minimum absolute atomic E-state index is 0.246. The first-order valence-corrected chi connectivity index (χ1v) is 9.94. The molecule has 0 saturated heterocycles. The van der Waals surface area contributed by atoms with Crippen molar-refractivity contribution in [2.45, 2.75) is 20.8 Å². The first-order valence-electron chi connectivity index (χ1n) is 9.94. The Morgan fingerprint density at radius 3 is 2.19 bits per heavy atom. The van der Waals surface area contributed by atoms with Crippen LogP contribution in [0.1, 0.15) is 27.8 Å². The number of rotatable bonds is 4. The Labute approximate surface area is 181 Å². The van der Waals surface area contributed by atoms with E-state index < -0.39 is 11.8 Å². The number of aryl methyl sites for hydroxylation is 3. The van der Waals surface area contributed by atoms with Gasteiger partial charge in [-0.15, -0.1) is 0 Å². The van der Waals surface area contributed by atoms with Crippen molar-refractivity contribution in [2.24, 2.45) is 0 Å². The quantitative estimate of drug-likeness (QED) is 0.626. The number of amides is 2. The number of carbonyl (C=O) groups is 2. The van der Waals surface area contributed by atoms with Crippen LogP contribution in [-0.2, 0) is 9.59 Å². The molecule has 0 bridgehead atoms. The van der Waals surface area contributed by atoms with Crippen LogP contribution in [0.3, 0.4) is 0 Å². The van der Waals surface area contributed by atoms with Gasteiger partial charge in [0.2, 0.25) is 0 Å². The van der Waals surface area contributed by atoms with Crippen LogP contribution in [0, 0.1) is 32.1 Å². The topological polar surface area (TPSA) is 73.2 Å². The van der Waals surface area contributed by atoms with E-state index in [9.17, 15) is 9.59 Å². The summed E-state index contributed by atoms with van der Waals surface area (Å²) in [4.78, 5) is 28.2. The summed E-state index contributed by atoms with van der Waals surface area (Å²) in [5, 5.41) is 12.3. The molecule has 0 atom stereocenters. The van der Waals surface area contributed by atoms with Crippen LogP contribution >= 0.6 is 0 Å². The van der Waals surface area contributed by atoms with Gasteiger partial charge in [-0.3, -0.25) is 9.59 Å². The average Bonchev–Trinajstić information content (AvgIpc) is 2.99. The number of nitrogens with one attached hydrogen (secondary N) is 1. The number of carbonyl (C=O) groups excluding carboxylic acids is 2. The number of para-hydroxylation sites is 1. The third kappa shape index (κ3) is 3.60. The number of hydrogen-bond acceptors (Lipinski definition) is 4. The van der Waals surface area contributed by atoms with Crippen molar-refractivity contribution in [3.63, 3.8) is 0 Å². The predicted molar refractivity (Wildman–Crippen MR) is 121 cm³/mol. The lowest BCUT2D eigenvalue weighted by Crippen LogP contribution is -2.32. The van der Waals surface area contributed by atoms with Gasteiger partial charge in [-0.2, -0.15) is 5.26 Å². The third-order valence-corrected chi connectivity index (χ3v) is 5.39. The third-order valence-electron chi connectivity index (χ3n) is 5.39. The van der Waals surface area contributed by atoms with E-state index in [1.165, 1.54) is 0 Å². The van der Waals surface area contributed by atoms with Crippen molar-refractivity contribution < 1.29 is 9.59 Å². The summed E-state index contributed by atoms with van der Waals surface area (Å²) in [6, 6.07) is 21.9. The molecule has 1 aliphatic heterocycles. The van der Waals surface area contributed by atoms with E-state index >= 15 is 0 Å². The van der Waals surface area contributed by atoms with Gasteiger partial charge < -0.3 is 5.32 Å². The molecule has 5 heteroatoms. The van der Waals surface area contributed by atoms with E-state index in [4.69, 9.17) is 5.26 Å². The molecule has 0 aromatic heterocycles. The van der Waals surface area contributed by atoms with Gasteiger partial charge in [0.1, 0.15) is 5.70 Å². The molecule has 31 heavy (non-hydrogen) atoms. The fourth-order valence-electron chi connectivity index (χ4n) is 3.76. The molecule has 0 fully saturated rings. The highest BCUT2D eigenvalue weighted by Gasteiger charge is 2.40. The Kier molecular flexibility index (Phi) is 5.14. The first kappa shape index (κ1) is 20.1. The van der Waals surface area contributed by atoms with Gasteiger partial charge in [0.15, 0.2) is 0 Å². The Balaban J connectivity index is 1.86. The fourth-order valence-corrected chi connectivity index (χ4v) is 3.76. The maximum Gasteiger partial charge on any atom is 0.282 e. The highest BCUT2D eigenvalue weighted by atomic mass is 16.2. The molecule has 0 radical (unpaired) electrons. The number of nitrogens with zero attached hydrogens (tertiary/aromatic N) is 2. The summed E-state index contributed by atoms with van der Waals surface area (Å²) in [6.45, 7) is 5.87. The summed E-state index contributed by atoms with van der Waals surface area (Å²) in [6.07, 6.45) is 0. The van der Waals surface area contributed by atoms with E-state index in [2.05, 4.69) is 11.4 Å². The Hall–Kier alpha value is -4.17. The number of nitriles is 1. The van der Waals surface area contributed by atoms with Crippen LogP contribution in [0.5, 0.6) is 0 Å². The first-order chi connectivity index (χ1) is 14.9. The molecule has 1 aliphatic rings. The van der Waals surface area contributed by atoms with Gasteiger partial charge >= 0.3 is 0 Å². The molecular weight excluding hydrogens is 386 g/mol. The SMILES string of the molecule is Cc1ccc(C2=C(Nc3ccccc3C)C(=O)N(c3ccc(C#N)cc3)C2=O)c(C)c1. The van der Waals surface area contributed by atoms with Gasteiger partial charge in [-0.05, 0) is 67.8 Å². The summed E-state index contributed by atoms with van der Waals surface area (Å²) >= 11 is 0. The fraction of sp³-hybridized carbons (Fsp3) is 0.115. The van der Waals surface area contributed by atoms with Crippen molar-refractivity contribution in [2.75, 3.05) is 10.2 Å². The Bertz CT molecular complexity index is 1280. The molecule has 1 N–H and O–H groups in total. The molecule has 5 nitrogen and oxygen atoms in total. The molecule has 0 unspecified atom stereocenters. The maximum atomic E-state index is 13.5. The minimum atomic E-state index is -0.423. The normalized spacial score (nSPS) is 13.5. The molecule has 0 spiro atoms. The van der Waals surface area contributed by atoms with Crippen LogP contribution in [0.25, 0.3) is 5.57 Å². The zero-order chi connectivity index (χ0) is 22.1. The van der Waals surface area contributed by atoms with Gasteiger partial charge in [0.25, 0.3) is 11.8 Å². The van der Waals surface area contributed by atoms with E-state index in [1.807, 2.05) is 63.2 Å². The molecule has 152 valence electrons. The summed E-state index contributed by atoms with van der Waals surface area (Å²) in [5.41, 5.74) is 5.93. The second-order valence-corrected chi connectivity index (χ2v) is 7.61. The van der Waals surface area contributed by atoms with Crippen LogP contribution in [0.4, 0.5) is 11.4 Å². The van der Waals surface area contributed by atoms with E-state index in [1.54, 1.807) is 24.3 Å².